The summed E-state index contributed by atoms with van der Waals surface area (Å²) in [5, 5.41) is 0. The van der Waals surface area contributed by atoms with E-state index in [0.29, 0.717) is 6.04 Å². The van der Waals surface area contributed by atoms with Gasteiger partial charge in [-0.25, -0.2) is 4.57 Å². The van der Waals surface area contributed by atoms with Crippen LogP contribution in [-0.2, 0) is 0 Å². The Morgan fingerprint density at radius 1 is 1.07 bits per heavy atom. The SMILES string of the molecule is CCCCC(CCC)[n+]1ccc(C)cc1. The molecule has 0 bridgehead atoms. The lowest BCUT2D eigenvalue weighted by Crippen LogP contribution is -2.38. The molecule has 0 saturated heterocycles. The molecule has 1 aromatic heterocycles. The molecule has 0 aliphatic heterocycles. The first-order chi connectivity index (χ1) is 7.27. The Balaban J connectivity index is 2.65. The molecule has 1 heterocycles. The highest BCUT2D eigenvalue weighted by molar-refractivity contribution is 5.03. The molecular formula is C14H24N+. The zero-order valence-corrected chi connectivity index (χ0v) is 10.4. The van der Waals surface area contributed by atoms with Crippen molar-refractivity contribution in [2.75, 3.05) is 0 Å². The van der Waals surface area contributed by atoms with Gasteiger partial charge in [0.1, 0.15) is 0 Å². The zero-order chi connectivity index (χ0) is 11.1. The quantitative estimate of drug-likeness (QED) is 0.623. The third-order valence-electron chi connectivity index (χ3n) is 2.95. The van der Waals surface area contributed by atoms with Crippen molar-refractivity contribution in [1.29, 1.82) is 0 Å². The van der Waals surface area contributed by atoms with Crippen LogP contribution in [0.4, 0.5) is 0 Å². The molecule has 1 atom stereocenters. The minimum atomic E-state index is 0.704. The molecule has 1 heteroatoms. The van der Waals surface area contributed by atoms with Gasteiger partial charge in [0.2, 0.25) is 0 Å². The highest BCUT2D eigenvalue weighted by Crippen LogP contribution is 2.14. The maximum absolute atomic E-state index is 2.38. The van der Waals surface area contributed by atoms with E-state index in [9.17, 15) is 0 Å². The Kier molecular flexibility index (Phi) is 5.38. The molecule has 0 spiro atoms. The van der Waals surface area contributed by atoms with Gasteiger partial charge in [-0.2, -0.15) is 0 Å². The molecular weight excluding hydrogens is 182 g/mol. The van der Waals surface area contributed by atoms with Gasteiger partial charge in [-0.15, -0.1) is 0 Å². The highest BCUT2D eigenvalue weighted by atomic mass is 15.0. The van der Waals surface area contributed by atoms with Gasteiger partial charge < -0.3 is 0 Å². The van der Waals surface area contributed by atoms with Crippen molar-refractivity contribution in [1.82, 2.24) is 0 Å². The second kappa shape index (κ2) is 6.60. The van der Waals surface area contributed by atoms with Crippen LogP contribution in [0.5, 0.6) is 0 Å². The summed E-state index contributed by atoms with van der Waals surface area (Å²) in [7, 11) is 0. The number of rotatable bonds is 6. The van der Waals surface area contributed by atoms with Gasteiger partial charge >= 0.3 is 0 Å². The fourth-order valence-electron chi connectivity index (χ4n) is 1.97. The van der Waals surface area contributed by atoms with Gasteiger partial charge in [-0.05, 0) is 25.3 Å². The van der Waals surface area contributed by atoms with E-state index < -0.39 is 0 Å². The first-order valence-corrected chi connectivity index (χ1v) is 6.25. The predicted molar refractivity (Wildman–Crippen MR) is 64.8 cm³/mol. The normalized spacial score (nSPS) is 12.7. The van der Waals surface area contributed by atoms with E-state index in [4.69, 9.17) is 0 Å². The summed E-state index contributed by atoms with van der Waals surface area (Å²) in [6, 6.07) is 5.11. The molecule has 0 amide bonds. The van der Waals surface area contributed by atoms with E-state index in [2.05, 4.69) is 49.9 Å². The maximum Gasteiger partial charge on any atom is 0.169 e. The van der Waals surface area contributed by atoms with Crippen LogP contribution in [-0.4, -0.2) is 0 Å². The number of unbranched alkanes of at least 4 members (excludes halogenated alkanes) is 1. The van der Waals surface area contributed by atoms with Gasteiger partial charge in [0, 0.05) is 25.0 Å². The molecule has 1 rings (SSSR count). The third kappa shape index (κ3) is 4.03. The lowest BCUT2D eigenvalue weighted by atomic mass is 10.0. The Morgan fingerprint density at radius 3 is 2.27 bits per heavy atom. The Labute approximate surface area is 94.1 Å². The van der Waals surface area contributed by atoms with E-state index >= 15 is 0 Å². The van der Waals surface area contributed by atoms with E-state index in [1.807, 2.05) is 0 Å². The first-order valence-electron chi connectivity index (χ1n) is 6.25. The third-order valence-corrected chi connectivity index (χ3v) is 2.95. The number of aromatic nitrogens is 1. The summed E-state index contributed by atoms with van der Waals surface area (Å²) in [6.45, 7) is 6.68. The van der Waals surface area contributed by atoms with Crippen LogP contribution in [0.15, 0.2) is 24.5 Å². The van der Waals surface area contributed by atoms with Gasteiger partial charge in [-0.3, -0.25) is 0 Å². The first kappa shape index (κ1) is 12.2. The summed E-state index contributed by atoms with van der Waals surface area (Å²) >= 11 is 0. The summed E-state index contributed by atoms with van der Waals surface area (Å²) < 4.78 is 2.38. The Hall–Kier alpha value is -0.850. The maximum atomic E-state index is 2.38. The molecule has 1 aromatic rings. The van der Waals surface area contributed by atoms with Crippen molar-refractivity contribution in [2.24, 2.45) is 0 Å². The van der Waals surface area contributed by atoms with Gasteiger partial charge in [0.25, 0.3) is 0 Å². The van der Waals surface area contributed by atoms with Gasteiger partial charge in [-0.1, -0.05) is 20.3 Å². The molecule has 1 nitrogen and oxygen atoms in total. The van der Waals surface area contributed by atoms with Crippen LogP contribution in [0.25, 0.3) is 0 Å². The Morgan fingerprint density at radius 2 is 1.73 bits per heavy atom. The summed E-state index contributed by atoms with van der Waals surface area (Å²) in [4.78, 5) is 0. The van der Waals surface area contributed by atoms with Crippen molar-refractivity contribution in [2.45, 2.75) is 58.9 Å². The lowest BCUT2D eigenvalue weighted by Gasteiger charge is -2.10. The van der Waals surface area contributed by atoms with Crippen LogP contribution >= 0.6 is 0 Å². The van der Waals surface area contributed by atoms with E-state index in [-0.39, 0.29) is 0 Å². The van der Waals surface area contributed by atoms with E-state index in [1.54, 1.807) is 0 Å². The number of pyridine rings is 1. The van der Waals surface area contributed by atoms with Crippen molar-refractivity contribution in [3.8, 4) is 0 Å². The van der Waals surface area contributed by atoms with Crippen molar-refractivity contribution in [3.63, 3.8) is 0 Å². The molecule has 0 aromatic carbocycles. The van der Waals surface area contributed by atoms with Crippen molar-refractivity contribution >= 4 is 0 Å². The molecule has 0 N–H and O–H groups in total. The summed E-state index contributed by atoms with van der Waals surface area (Å²) in [5.41, 5.74) is 1.34. The minimum absolute atomic E-state index is 0.704. The summed E-state index contributed by atoms with van der Waals surface area (Å²) in [5.74, 6) is 0. The number of nitrogens with zero attached hydrogens (tertiary/aromatic N) is 1. The average Bonchev–Trinajstić information content (AvgIpc) is 2.25. The largest absolute Gasteiger partial charge is 0.202 e. The van der Waals surface area contributed by atoms with Gasteiger partial charge in [0.15, 0.2) is 18.4 Å². The van der Waals surface area contributed by atoms with Crippen LogP contribution < -0.4 is 4.57 Å². The highest BCUT2D eigenvalue weighted by Gasteiger charge is 2.15. The van der Waals surface area contributed by atoms with Crippen LogP contribution in [0, 0.1) is 6.92 Å². The lowest BCUT2D eigenvalue weighted by molar-refractivity contribution is -0.724. The molecule has 84 valence electrons. The fourth-order valence-corrected chi connectivity index (χ4v) is 1.97. The summed E-state index contributed by atoms with van der Waals surface area (Å²) in [6.07, 6.45) is 11.0. The smallest absolute Gasteiger partial charge is 0.169 e. The molecule has 0 aliphatic carbocycles. The zero-order valence-electron chi connectivity index (χ0n) is 10.4. The fraction of sp³-hybridized carbons (Fsp3) is 0.643. The monoisotopic (exact) mass is 206 g/mol. The molecule has 1 unspecified atom stereocenters. The standard InChI is InChI=1S/C14H24N/c1-4-6-8-14(7-5-2)15-11-9-13(3)10-12-15/h9-12,14H,4-8H2,1-3H3/q+1. The van der Waals surface area contributed by atoms with Crippen LogP contribution in [0.2, 0.25) is 0 Å². The van der Waals surface area contributed by atoms with E-state index in [0.717, 1.165) is 0 Å². The molecule has 0 fully saturated rings. The molecule has 0 aliphatic rings. The number of aryl methyl sites for hydroxylation is 1. The molecule has 15 heavy (non-hydrogen) atoms. The number of hydrogen-bond donors (Lipinski definition) is 0. The van der Waals surface area contributed by atoms with Crippen LogP contribution in [0.3, 0.4) is 0 Å². The van der Waals surface area contributed by atoms with E-state index in [1.165, 1.54) is 37.7 Å². The molecule has 0 radical (unpaired) electrons. The van der Waals surface area contributed by atoms with Crippen molar-refractivity contribution < 1.29 is 4.57 Å². The Bertz CT molecular complexity index is 263. The minimum Gasteiger partial charge on any atom is -0.202 e. The van der Waals surface area contributed by atoms with Crippen LogP contribution in [0.1, 0.15) is 57.6 Å². The van der Waals surface area contributed by atoms with Crippen molar-refractivity contribution in [3.05, 3.63) is 30.1 Å². The van der Waals surface area contributed by atoms with Gasteiger partial charge in [0.05, 0.1) is 0 Å². The second-order valence-electron chi connectivity index (χ2n) is 4.41. The predicted octanol–water partition coefficient (Wildman–Crippen LogP) is 3.81. The topological polar surface area (TPSA) is 3.88 Å². The molecule has 0 saturated carbocycles. The second-order valence-corrected chi connectivity index (χ2v) is 4.41. The average molecular weight is 206 g/mol. The number of hydrogen-bond acceptors (Lipinski definition) is 0.